The molecule has 3 nitrogen and oxygen atoms in total. The van der Waals surface area contributed by atoms with E-state index < -0.39 is 0 Å². The van der Waals surface area contributed by atoms with Gasteiger partial charge < -0.3 is 10.6 Å². The van der Waals surface area contributed by atoms with Gasteiger partial charge in [0.1, 0.15) is 0 Å². The normalized spacial score (nSPS) is 15.3. The van der Waals surface area contributed by atoms with Crippen LogP contribution in [0.4, 0.5) is 0 Å². The topological polar surface area (TPSA) is 41.1 Å². The van der Waals surface area contributed by atoms with Gasteiger partial charge >= 0.3 is 0 Å². The molecule has 1 aliphatic rings. The second kappa shape index (κ2) is 6.73. The van der Waals surface area contributed by atoms with Crippen molar-refractivity contribution in [3.63, 3.8) is 0 Å². The largest absolute Gasteiger partial charge is 0.355 e. The molecule has 1 aliphatic heterocycles. The molecule has 0 aliphatic carbocycles. The van der Waals surface area contributed by atoms with E-state index in [-0.39, 0.29) is 29.6 Å². The van der Waals surface area contributed by atoms with Gasteiger partial charge in [0.15, 0.2) is 0 Å². The molecule has 5 heteroatoms. The summed E-state index contributed by atoms with van der Waals surface area (Å²) < 4.78 is 1.08. The highest BCUT2D eigenvalue weighted by Gasteiger charge is 2.27. The van der Waals surface area contributed by atoms with Crippen molar-refractivity contribution < 1.29 is 4.79 Å². The first kappa shape index (κ1) is 16.5. The lowest BCUT2D eigenvalue weighted by Crippen LogP contribution is -2.52. The van der Waals surface area contributed by atoms with E-state index in [4.69, 9.17) is 0 Å². The maximum Gasteiger partial charge on any atom is 0.225 e. The third-order valence-electron chi connectivity index (χ3n) is 3.48. The Labute approximate surface area is 129 Å². The first-order valence-electron chi connectivity index (χ1n) is 6.23. The van der Waals surface area contributed by atoms with Gasteiger partial charge in [-0.05, 0) is 17.7 Å². The van der Waals surface area contributed by atoms with E-state index in [2.05, 4.69) is 52.5 Å². The molecule has 0 saturated carbocycles. The van der Waals surface area contributed by atoms with Crippen LogP contribution in [0, 0.1) is 5.92 Å². The molecule has 0 spiro atoms. The molecular formula is C14H20BrClN2O. The number of rotatable bonds is 4. The standard InChI is InChI=1S/C14H19BrN2O.ClH/c1-14(2,11-3-5-12(15)6-4-11)9-17-13(18)10-7-16-8-10;/h3-6,10,16H,7-9H2,1-2H3,(H,17,18);1H. The van der Waals surface area contributed by atoms with Crippen molar-refractivity contribution in [2.75, 3.05) is 19.6 Å². The first-order chi connectivity index (χ1) is 8.49. The molecule has 2 N–H and O–H groups in total. The molecule has 1 saturated heterocycles. The maximum absolute atomic E-state index is 11.8. The number of benzene rings is 1. The molecule has 0 unspecified atom stereocenters. The van der Waals surface area contributed by atoms with Crippen molar-refractivity contribution in [3.8, 4) is 0 Å². The number of hydrogen-bond acceptors (Lipinski definition) is 2. The fourth-order valence-corrected chi connectivity index (χ4v) is 2.19. The van der Waals surface area contributed by atoms with Gasteiger partial charge in [-0.2, -0.15) is 0 Å². The highest BCUT2D eigenvalue weighted by Crippen LogP contribution is 2.24. The lowest BCUT2D eigenvalue weighted by molar-refractivity contribution is -0.126. The van der Waals surface area contributed by atoms with Gasteiger partial charge in [-0.1, -0.05) is 41.9 Å². The zero-order valence-electron chi connectivity index (χ0n) is 11.2. The van der Waals surface area contributed by atoms with Gasteiger partial charge in [0.2, 0.25) is 5.91 Å². The molecule has 2 rings (SSSR count). The lowest BCUT2D eigenvalue weighted by Gasteiger charge is -2.30. The Bertz CT molecular complexity index is 430. The molecule has 106 valence electrons. The van der Waals surface area contributed by atoms with E-state index in [1.54, 1.807) is 0 Å². The van der Waals surface area contributed by atoms with Crippen LogP contribution in [0.5, 0.6) is 0 Å². The number of amides is 1. The highest BCUT2D eigenvalue weighted by atomic mass is 79.9. The molecule has 19 heavy (non-hydrogen) atoms. The monoisotopic (exact) mass is 346 g/mol. The van der Waals surface area contributed by atoms with Gasteiger partial charge in [0.25, 0.3) is 0 Å². The number of hydrogen-bond donors (Lipinski definition) is 2. The first-order valence-corrected chi connectivity index (χ1v) is 7.03. The fraction of sp³-hybridized carbons (Fsp3) is 0.500. The van der Waals surface area contributed by atoms with Gasteiger partial charge in [-0.3, -0.25) is 4.79 Å². The molecule has 1 heterocycles. The highest BCUT2D eigenvalue weighted by molar-refractivity contribution is 9.10. The van der Waals surface area contributed by atoms with E-state index in [1.807, 2.05) is 12.1 Å². The Hall–Kier alpha value is -0.580. The van der Waals surface area contributed by atoms with Gasteiger partial charge in [0, 0.05) is 29.5 Å². The quantitative estimate of drug-likeness (QED) is 0.878. The minimum Gasteiger partial charge on any atom is -0.355 e. The van der Waals surface area contributed by atoms with Crippen LogP contribution < -0.4 is 10.6 Å². The summed E-state index contributed by atoms with van der Waals surface area (Å²) in [7, 11) is 0. The number of nitrogens with one attached hydrogen (secondary N) is 2. The maximum atomic E-state index is 11.8. The second-order valence-electron chi connectivity index (χ2n) is 5.46. The second-order valence-corrected chi connectivity index (χ2v) is 6.38. The van der Waals surface area contributed by atoms with Gasteiger partial charge in [-0.15, -0.1) is 12.4 Å². The predicted molar refractivity (Wildman–Crippen MR) is 83.8 cm³/mol. The number of carbonyl (C=O) groups is 1. The van der Waals surface area contributed by atoms with E-state index in [1.165, 1.54) is 5.56 Å². The van der Waals surface area contributed by atoms with Crippen molar-refractivity contribution in [2.24, 2.45) is 5.92 Å². The molecule has 0 bridgehead atoms. The number of halogens is 2. The van der Waals surface area contributed by atoms with Crippen molar-refractivity contribution in [2.45, 2.75) is 19.3 Å². The predicted octanol–water partition coefficient (Wildman–Crippen LogP) is 2.48. The van der Waals surface area contributed by atoms with Crippen LogP contribution in [0.2, 0.25) is 0 Å². The molecule has 1 aromatic carbocycles. The minimum atomic E-state index is -0.0481. The molecule has 1 fully saturated rings. The molecule has 1 aromatic rings. The Morgan fingerprint density at radius 3 is 2.42 bits per heavy atom. The van der Waals surface area contributed by atoms with Crippen molar-refractivity contribution in [3.05, 3.63) is 34.3 Å². The van der Waals surface area contributed by atoms with Crippen molar-refractivity contribution >= 4 is 34.2 Å². The molecule has 0 radical (unpaired) electrons. The van der Waals surface area contributed by atoms with Crippen molar-refractivity contribution in [1.29, 1.82) is 0 Å². The van der Waals surface area contributed by atoms with Gasteiger partial charge in [-0.25, -0.2) is 0 Å². The summed E-state index contributed by atoms with van der Waals surface area (Å²) in [5.41, 5.74) is 1.19. The summed E-state index contributed by atoms with van der Waals surface area (Å²) in [6, 6.07) is 8.27. The van der Waals surface area contributed by atoms with Crippen LogP contribution in [-0.4, -0.2) is 25.5 Å². The summed E-state index contributed by atoms with van der Waals surface area (Å²) in [6.45, 7) is 6.59. The van der Waals surface area contributed by atoms with E-state index in [9.17, 15) is 4.79 Å². The molecule has 0 atom stereocenters. The fourth-order valence-electron chi connectivity index (χ4n) is 1.93. The van der Waals surface area contributed by atoms with Crippen LogP contribution in [0.3, 0.4) is 0 Å². The smallest absolute Gasteiger partial charge is 0.225 e. The summed E-state index contributed by atoms with van der Waals surface area (Å²) in [4.78, 5) is 11.8. The minimum absolute atomic E-state index is 0. The summed E-state index contributed by atoms with van der Waals surface area (Å²) >= 11 is 3.43. The Balaban J connectivity index is 0.00000180. The van der Waals surface area contributed by atoms with Crippen LogP contribution in [-0.2, 0) is 10.2 Å². The average molecular weight is 348 g/mol. The molecular weight excluding hydrogens is 328 g/mol. The third-order valence-corrected chi connectivity index (χ3v) is 4.01. The third kappa shape index (κ3) is 4.20. The average Bonchev–Trinajstić information content (AvgIpc) is 2.25. The Morgan fingerprint density at radius 1 is 1.37 bits per heavy atom. The zero-order chi connectivity index (χ0) is 13.2. The van der Waals surface area contributed by atoms with Crippen LogP contribution in [0.1, 0.15) is 19.4 Å². The van der Waals surface area contributed by atoms with E-state index in [0.29, 0.717) is 6.54 Å². The van der Waals surface area contributed by atoms with E-state index in [0.717, 1.165) is 17.6 Å². The van der Waals surface area contributed by atoms with E-state index >= 15 is 0 Å². The molecule has 0 aromatic heterocycles. The Morgan fingerprint density at radius 2 is 1.95 bits per heavy atom. The van der Waals surface area contributed by atoms with Crippen LogP contribution >= 0.6 is 28.3 Å². The number of carbonyl (C=O) groups excluding carboxylic acids is 1. The molecule has 1 amide bonds. The Kier molecular flexibility index (Phi) is 5.83. The van der Waals surface area contributed by atoms with Crippen LogP contribution in [0.25, 0.3) is 0 Å². The zero-order valence-corrected chi connectivity index (χ0v) is 13.6. The van der Waals surface area contributed by atoms with Crippen molar-refractivity contribution in [1.82, 2.24) is 10.6 Å². The van der Waals surface area contributed by atoms with Crippen LogP contribution in [0.15, 0.2) is 28.7 Å². The SMILES string of the molecule is CC(C)(CNC(=O)C1CNC1)c1ccc(Br)cc1.Cl. The van der Waals surface area contributed by atoms with Gasteiger partial charge in [0.05, 0.1) is 5.92 Å². The summed E-state index contributed by atoms with van der Waals surface area (Å²) in [5.74, 6) is 0.324. The lowest BCUT2D eigenvalue weighted by atomic mass is 9.84. The summed E-state index contributed by atoms with van der Waals surface area (Å²) in [5, 5.41) is 6.16. The summed E-state index contributed by atoms with van der Waals surface area (Å²) in [6.07, 6.45) is 0.